The Balaban J connectivity index is 1.94. The molecule has 2 rings (SSSR count). The largest absolute Gasteiger partial charge is 0.399 e. The van der Waals surface area contributed by atoms with Crippen LogP contribution in [0.3, 0.4) is 0 Å². The number of rotatable bonds is 4. The molecule has 1 amide bonds. The van der Waals surface area contributed by atoms with Gasteiger partial charge in [-0.3, -0.25) is 9.59 Å². The first-order valence-electron chi connectivity index (χ1n) is 5.55. The molecule has 0 aliphatic rings. The number of carbonyl (C=O) groups is 1. The lowest BCUT2D eigenvalue weighted by atomic mass is 10.2. The van der Waals surface area contributed by atoms with Gasteiger partial charge in [0.15, 0.2) is 0 Å². The van der Waals surface area contributed by atoms with Crippen LogP contribution in [0.5, 0.6) is 0 Å². The second-order valence-electron chi connectivity index (χ2n) is 3.90. The van der Waals surface area contributed by atoms with Crippen molar-refractivity contribution in [2.75, 3.05) is 11.1 Å². The monoisotopic (exact) mass is 297 g/mol. The van der Waals surface area contributed by atoms with Crippen molar-refractivity contribution in [2.24, 2.45) is 0 Å². The van der Waals surface area contributed by atoms with E-state index in [2.05, 4.69) is 5.32 Å². The molecule has 0 atom stereocenters. The molecule has 0 unspecified atom stereocenters. The average molecular weight is 298 g/mol. The van der Waals surface area contributed by atoms with Crippen LogP contribution in [0.1, 0.15) is 6.42 Å². The minimum atomic E-state index is -0.204. The van der Waals surface area contributed by atoms with Gasteiger partial charge in [-0.2, -0.15) is 0 Å². The molecule has 19 heavy (non-hydrogen) atoms. The number of amides is 1. The maximum absolute atomic E-state index is 11.7. The fourth-order valence-corrected chi connectivity index (χ4v) is 2.37. The number of halogens is 1. The zero-order valence-corrected chi connectivity index (χ0v) is 11.5. The molecule has 0 saturated carbocycles. The van der Waals surface area contributed by atoms with Gasteiger partial charge in [0.1, 0.15) is 0 Å². The molecule has 0 fully saturated rings. The molecular weight excluding hydrogens is 286 g/mol. The van der Waals surface area contributed by atoms with Gasteiger partial charge < -0.3 is 15.6 Å². The van der Waals surface area contributed by atoms with Gasteiger partial charge in [-0.15, -0.1) is 0 Å². The van der Waals surface area contributed by atoms with Gasteiger partial charge >= 0.3 is 4.87 Å². The number of anilines is 2. The van der Waals surface area contributed by atoms with Crippen molar-refractivity contribution in [3.8, 4) is 0 Å². The molecule has 7 heteroatoms. The number of benzene rings is 1. The van der Waals surface area contributed by atoms with E-state index in [1.807, 2.05) is 0 Å². The van der Waals surface area contributed by atoms with E-state index >= 15 is 0 Å². The maximum atomic E-state index is 11.7. The molecule has 0 spiro atoms. The van der Waals surface area contributed by atoms with Crippen LogP contribution in [0.15, 0.2) is 34.6 Å². The number of hydrogen-bond acceptors (Lipinski definition) is 4. The SMILES string of the molecule is Nc1ccc(NC(=O)CCn2ccsc2=O)c(Cl)c1. The van der Waals surface area contributed by atoms with Crippen molar-refractivity contribution < 1.29 is 4.79 Å². The normalized spacial score (nSPS) is 10.4. The highest BCUT2D eigenvalue weighted by Crippen LogP contribution is 2.24. The van der Waals surface area contributed by atoms with E-state index in [-0.39, 0.29) is 17.2 Å². The fourth-order valence-electron chi connectivity index (χ4n) is 1.52. The Labute approximate surface area is 118 Å². The van der Waals surface area contributed by atoms with Crippen LogP contribution in [0.2, 0.25) is 5.02 Å². The van der Waals surface area contributed by atoms with Gasteiger partial charge in [0.2, 0.25) is 5.91 Å². The van der Waals surface area contributed by atoms with E-state index in [4.69, 9.17) is 17.3 Å². The topological polar surface area (TPSA) is 77.1 Å². The zero-order chi connectivity index (χ0) is 13.8. The summed E-state index contributed by atoms with van der Waals surface area (Å²) in [4.78, 5) is 23.0. The van der Waals surface area contributed by atoms with Crippen molar-refractivity contribution >= 4 is 40.2 Å². The van der Waals surface area contributed by atoms with Crippen molar-refractivity contribution in [3.63, 3.8) is 0 Å². The van der Waals surface area contributed by atoms with Crippen molar-refractivity contribution in [1.29, 1.82) is 0 Å². The maximum Gasteiger partial charge on any atom is 0.307 e. The summed E-state index contributed by atoms with van der Waals surface area (Å²) in [5.74, 6) is -0.204. The minimum Gasteiger partial charge on any atom is -0.399 e. The van der Waals surface area contributed by atoms with E-state index in [0.717, 1.165) is 11.3 Å². The number of nitrogens with two attached hydrogens (primary N) is 1. The summed E-state index contributed by atoms with van der Waals surface area (Å²) in [6.07, 6.45) is 1.87. The summed E-state index contributed by atoms with van der Waals surface area (Å²) in [7, 11) is 0. The summed E-state index contributed by atoms with van der Waals surface area (Å²) in [5.41, 5.74) is 6.61. The van der Waals surface area contributed by atoms with Gasteiger partial charge in [0.25, 0.3) is 0 Å². The van der Waals surface area contributed by atoms with Gasteiger partial charge in [0.05, 0.1) is 10.7 Å². The quantitative estimate of drug-likeness (QED) is 0.849. The lowest BCUT2D eigenvalue weighted by Gasteiger charge is -2.07. The van der Waals surface area contributed by atoms with Crippen LogP contribution < -0.4 is 15.9 Å². The molecule has 0 saturated heterocycles. The van der Waals surface area contributed by atoms with Gasteiger partial charge in [-0.1, -0.05) is 22.9 Å². The fraction of sp³-hybridized carbons (Fsp3) is 0.167. The molecule has 0 bridgehead atoms. The predicted molar refractivity (Wildman–Crippen MR) is 77.7 cm³/mol. The van der Waals surface area contributed by atoms with Crippen molar-refractivity contribution in [3.05, 3.63) is 44.5 Å². The third-order valence-electron chi connectivity index (χ3n) is 2.49. The summed E-state index contributed by atoms with van der Waals surface area (Å²) >= 11 is 7.06. The molecule has 100 valence electrons. The average Bonchev–Trinajstić information content (AvgIpc) is 2.76. The second kappa shape index (κ2) is 5.90. The highest BCUT2D eigenvalue weighted by atomic mass is 35.5. The van der Waals surface area contributed by atoms with E-state index in [1.165, 1.54) is 4.57 Å². The van der Waals surface area contributed by atoms with Crippen LogP contribution in [0.25, 0.3) is 0 Å². The summed E-state index contributed by atoms with van der Waals surface area (Å²) in [6.45, 7) is 0.348. The molecule has 1 aromatic heterocycles. The highest BCUT2D eigenvalue weighted by molar-refractivity contribution is 7.07. The Hall–Kier alpha value is -1.79. The van der Waals surface area contributed by atoms with Crippen LogP contribution in [-0.4, -0.2) is 10.5 Å². The summed E-state index contributed by atoms with van der Waals surface area (Å²) in [6, 6.07) is 4.87. The van der Waals surface area contributed by atoms with Crippen molar-refractivity contribution in [1.82, 2.24) is 4.57 Å². The smallest absolute Gasteiger partial charge is 0.307 e. The number of carbonyl (C=O) groups excluding carboxylic acids is 1. The van der Waals surface area contributed by atoms with Gasteiger partial charge in [-0.05, 0) is 18.2 Å². The molecule has 5 nitrogen and oxygen atoms in total. The zero-order valence-electron chi connectivity index (χ0n) is 9.93. The number of hydrogen-bond donors (Lipinski definition) is 2. The summed E-state index contributed by atoms with van der Waals surface area (Å²) < 4.78 is 1.49. The standard InChI is InChI=1S/C12H12ClN3O2S/c13-9-7-8(14)1-2-10(9)15-11(17)3-4-16-5-6-19-12(16)18/h1-2,5-7H,3-4,14H2,(H,15,17). The molecular formula is C12H12ClN3O2S. The Kier molecular flexibility index (Phi) is 4.24. The number of nitrogens with zero attached hydrogens (tertiary/aromatic N) is 1. The van der Waals surface area contributed by atoms with Gasteiger partial charge in [-0.25, -0.2) is 0 Å². The Morgan fingerprint density at radius 1 is 1.47 bits per heavy atom. The van der Waals surface area contributed by atoms with E-state index in [0.29, 0.717) is 22.9 Å². The predicted octanol–water partition coefficient (Wildman–Crippen LogP) is 2.17. The number of thiazole rings is 1. The lowest BCUT2D eigenvalue weighted by Crippen LogP contribution is -2.18. The van der Waals surface area contributed by atoms with Crippen LogP contribution >= 0.6 is 22.9 Å². The molecule has 0 aliphatic heterocycles. The minimum absolute atomic E-state index is 0.0710. The first-order valence-corrected chi connectivity index (χ1v) is 6.81. The number of nitrogen functional groups attached to an aromatic ring is 1. The summed E-state index contributed by atoms with van der Waals surface area (Å²) in [5, 5.41) is 4.76. The second-order valence-corrected chi connectivity index (χ2v) is 5.16. The molecule has 1 heterocycles. The third-order valence-corrected chi connectivity index (χ3v) is 3.50. The Morgan fingerprint density at radius 2 is 2.26 bits per heavy atom. The van der Waals surface area contributed by atoms with Crippen LogP contribution in [0, 0.1) is 0 Å². The Bertz CT molecular complexity index is 650. The van der Waals surface area contributed by atoms with E-state index in [9.17, 15) is 9.59 Å². The van der Waals surface area contributed by atoms with Gasteiger partial charge in [0, 0.05) is 30.2 Å². The molecule has 2 aromatic rings. The number of aromatic nitrogens is 1. The van der Waals surface area contributed by atoms with E-state index < -0.39 is 0 Å². The lowest BCUT2D eigenvalue weighted by molar-refractivity contribution is -0.116. The first-order chi connectivity index (χ1) is 9.06. The third kappa shape index (κ3) is 3.59. The molecule has 0 aliphatic carbocycles. The van der Waals surface area contributed by atoms with Crippen LogP contribution in [0.4, 0.5) is 11.4 Å². The number of nitrogens with one attached hydrogen (secondary N) is 1. The van der Waals surface area contributed by atoms with E-state index in [1.54, 1.807) is 29.8 Å². The first kappa shape index (κ1) is 13.6. The molecule has 1 aromatic carbocycles. The Morgan fingerprint density at radius 3 is 2.89 bits per heavy atom. The molecule has 0 radical (unpaired) electrons. The highest BCUT2D eigenvalue weighted by Gasteiger charge is 2.07. The van der Waals surface area contributed by atoms with Crippen LogP contribution in [-0.2, 0) is 11.3 Å². The molecule has 3 N–H and O–H groups in total. The number of aryl methyl sites for hydroxylation is 1. The van der Waals surface area contributed by atoms with Crippen molar-refractivity contribution in [2.45, 2.75) is 13.0 Å².